The van der Waals surface area contributed by atoms with E-state index in [1.165, 1.54) is 16.1 Å². The monoisotopic (exact) mass is 521 g/mol. The molecule has 0 radical (unpaired) electrons. The molecule has 3 atom stereocenters. The molecule has 9 heteroatoms. The Bertz CT molecular complexity index is 1450. The van der Waals surface area contributed by atoms with Crippen LogP contribution in [-0.4, -0.2) is 67.5 Å². The molecule has 2 N–H and O–H groups in total. The number of anilines is 2. The number of piperazine rings is 1. The Morgan fingerprint density at radius 1 is 0.846 bits per heavy atom. The number of rotatable bonds is 5. The Kier molecular flexibility index (Phi) is 6.32. The highest BCUT2D eigenvalue weighted by atomic mass is 16.4. The van der Waals surface area contributed by atoms with E-state index in [4.69, 9.17) is 0 Å². The van der Waals surface area contributed by atoms with Gasteiger partial charge in [-0.1, -0.05) is 66.7 Å². The largest absolute Gasteiger partial charge is 0.480 e. The van der Waals surface area contributed by atoms with E-state index in [1.807, 2.05) is 91.0 Å². The Morgan fingerprint density at radius 3 is 2.03 bits per heavy atom. The molecule has 4 aromatic rings. The number of H-pyrrole nitrogens is 1. The number of hydrogen-bond acceptors (Lipinski definition) is 4. The SMILES string of the molecule is O=C(O)[C@@H]1C2CC[C@@H](CN1C(=O)N(c1ccccc1)c1ccccc1)N2C(=O)c1[nH]cnc1-c1ccccc1. The molecule has 0 spiro atoms. The summed E-state index contributed by atoms with van der Waals surface area (Å²) in [5, 5.41) is 10.4. The number of aliphatic carboxylic acids is 1. The van der Waals surface area contributed by atoms with Gasteiger partial charge >= 0.3 is 12.0 Å². The number of aromatic amines is 1. The van der Waals surface area contributed by atoms with Gasteiger partial charge in [0.25, 0.3) is 5.91 Å². The Labute approximate surface area is 225 Å². The van der Waals surface area contributed by atoms with Gasteiger partial charge in [0.1, 0.15) is 11.4 Å². The summed E-state index contributed by atoms with van der Waals surface area (Å²) in [5.41, 5.74) is 2.89. The first-order valence-electron chi connectivity index (χ1n) is 12.9. The molecule has 39 heavy (non-hydrogen) atoms. The van der Waals surface area contributed by atoms with Crippen molar-refractivity contribution in [1.29, 1.82) is 0 Å². The molecule has 196 valence electrons. The second-order valence-corrected chi connectivity index (χ2v) is 9.73. The number of carbonyl (C=O) groups is 3. The van der Waals surface area contributed by atoms with Gasteiger partial charge in [-0.25, -0.2) is 14.6 Å². The van der Waals surface area contributed by atoms with Crippen LogP contribution in [0.3, 0.4) is 0 Å². The van der Waals surface area contributed by atoms with Crippen LogP contribution in [0.1, 0.15) is 23.3 Å². The number of likely N-dealkylation sites (tertiary alicyclic amines) is 1. The summed E-state index contributed by atoms with van der Waals surface area (Å²) >= 11 is 0. The molecule has 3 amide bonds. The summed E-state index contributed by atoms with van der Waals surface area (Å²) in [5.74, 6) is -1.44. The molecule has 3 heterocycles. The van der Waals surface area contributed by atoms with E-state index in [0.717, 1.165) is 5.56 Å². The first kappa shape index (κ1) is 24.4. The molecule has 2 saturated heterocycles. The molecule has 2 aliphatic rings. The zero-order valence-electron chi connectivity index (χ0n) is 21.1. The minimum absolute atomic E-state index is 0.114. The maximum atomic E-state index is 14.1. The molecule has 9 nitrogen and oxygen atoms in total. The van der Waals surface area contributed by atoms with Crippen LogP contribution in [0.4, 0.5) is 16.2 Å². The third-order valence-corrected chi connectivity index (χ3v) is 7.51. The molecule has 0 aliphatic carbocycles. The summed E-state index contributed by atoms with van der Waals surface area (Å²) in [6.45, 7) is 0.114. The van der Waals surface area contributed by atoms with Crippen LogP contribution in [0.2, 0.25) is 0 Å². The van der Waals surface area contributed by atoms with Crippen molar-refractivity contribution in [2.75, 3.05) is 11.4 Å². The Morgan fingerprint density at radius 2 is 1.44 bits per heavy atom. The van der Waals surface area contributed by atoms with Gasteiger partial charge in [0.15, 0.2) is 6.04 Å². The zero-order valence-corrected chi connectivity index (χ0v) is 21.1. The van der Waals surface area contributed by atoms with Crippen molar-refractivity contribution in [3.05, 3.63) is 103 Å². The molecular weight excluding hydrogens is 494 g/mol. The fourth-order valence-electron chi connectivity index (χ4n) is 5.81. The van der Waals surface area contributed by atoms with Gasteiger partial charge in [0.05, 0.1) is 29.8 Å². The summed E-state index contributed by atoms with van der Waals surface area (Å²) in [6.07, 6.45) is 2.57. The summed E-state index contributed by atoms with van der Waals surface area (Å²) in [7, 11) is 0. The fraction of sp³-hybridized carbons (Fsp3) is 0.200. The first-order chi connectivity index (χ1) is 19.0. The minimum atomic E-state index is -1.20. The van der Waals surface area contributed by atoms with Crippen molar-refractivity contribution < 1.29 is 19.5 Å². The van der Waals surface area contributed by atoms with E-state index in [9.17, 15) is 19.5 Å². The van der Waals surface area contributed by atoms with Gasteiger partial charge < -0.3 is 19.9 Å². The summed E-state index contributed by atoms with van der Waals surface area (Å²) in [6, 6.07) is 25.1. The van der Waals surface area contributed by atoms with Gasteiger partial charge in [-0.05, 0) is 37.1 Å². The maximum absolute atomic E-state index is 14.1. The average molecular weight is 522 g/mol. The molecule has 2 aliphatic heterocycles. The van der Waals surface area contributed by atoms with Crippen LogP contribution >= 0.6 is 0 Å². The lowest BCUT2D eigenvalue weighted by Crippen LogP contribution is -2.66. The number of urea groups is 1. The second-order valence-electron chi connectivity index (χ2n) is 9.73. The van der Waals surface area contributed by atoms with E-state index < -0.39 is 24.1 Å². The number of imidazole rings is 1. The molecule has 2 fully saturated rings. The van der Waals surface area contributed by atoms with Crippen molar-refractivity contribution in [3.8, 4) is 11.3 Å². The van der Waals surface area contributed by atoms with Crippen molar-refractivity contribution in [1.82, 2.24) is 19.8 Å². The number of nitrogens with zero attached hydrogens (tertiary/aromatic N) is 4. The highest BCUT2D eigenvalue weighted by Crippen LogP contribution is 2.38. The van der Waals surface area contributed by atoms with E-state index >= 15 is 0 Å². The number of carboxylic acids is 1. The van der Waals surface area contributed by atoms with E-state index in [2.05, 4.69) is 9.97 Å². The predicted molar refractivity (Wildman–Crippen MR) is 146 cm³/mol. The fourth-order valence-corrected chi connectivity index (χ4v) is 5.81. The lowest BCUT2D eigenvalue weighted by Gasteiger charge is -2.46. The van der Waals surface area contributed by atoms with Crippen molar-refractivity contribution >= 4 is 29.3 Å². The zero-order chi connectivity index (χ0) is 26.9. The van der Waals surface area contributed by atoms with Gasteiger partial charge in [0, 0.05) is 12.1 Å². The molecule has 3 aromatic carbocycles. The molecular formula is C30H27N5O4. The lowest BCUT2D eigenvalue weighted by atomic mass is 10.0. The van der Waals surface area contributed by atoms with E-state index in [-0.39, 0.29) is 18.5 Å². The highest BCUT2D eigenvalue weighted by molar-refractivity contribution is 6.02. The number of hydrogen-bond donors (Lipinski definition) is 2. The number of amides is 3. The average Bonchev–Trinajstić information content (AvgIpc) is 3.58. The number of carboxylic acid groups (broad SMARTS) is 1. The number of aromatic nitrogens is 2. The van der Waals surface area contributed by atoms with Crippen LogP contribution in [0, 0.1) is 0 Å². The van der Waals surface area contributed by atoms with Gasteiger partial charge in [-0.15, -0.1) is 0 Å². The molecule has 2 bridgehead atoms. The summed E-state index contributed by atoms with van der Waals surface area (Å²) < 4.78 is 0. The molecule has 6 rings (SSSR count). The normalized spacial score (nSPS) is 20.1. The van der Waals surface area contributed by atoms with Crippen molar-refractivity contribution in [2.45, 2.75) is 31.0 Å². The number of fused-ring (bicyclic) bond motifs is 2. The van der Waals surface area contributed by atoms with Crippen LogP contribution in [0.25, 0.3) is 11.3 Å². The van der Waals surface area contributed by atoms with Crippen molar-refractivity contribution in [3.63, 3.8) is 0 Å². The van der Waals surface area contributed by atoms with E-state index in [0.29, 0.717) is 35.6 Å². The van der Waals surface area contributed by atoms with Crippen molar-refractivity contribution in [2.24, 2.45) is 0 Å². The summed E-state index contributed by atoms with van der Waals surface area (Å²) in [4.78, 5) is 52.7. The maximum Gasteiger partial charge on any atom is 0.329 e. The second kappa shape index (κ2) is 10.1. The molecule has 1 unspecified atom stereocenters. The first-order valence-corrected chi connectivity index (χ1v) is 12.9. The van der Waals surface area contributed by atoms with Crippen LogP contribution in [0.15, 0.2) is 97.3 Å². The highest BCUT2D eigenvalue weighted by Gasteiger charge is 2.54. The number of para-hydroxylation sites is 2. The molecule has 0 saturated carbocycles. The lowest BCUT2D eigenvalue weighted by molar-refractivity contribution is -0.145. The van der Waals surface area contributed by atoms with Gasteiger partial charge in [0.2, 0.25) is 0 Å². The standard InChI is InChI=1S/C30H27N5O4/c36-28(26-25(31-19-32-26)20-10-4-1-5-11-20)35-23-16-17-24(35)27(29(37)38)33(18-23)30(39)34(21-12-6-2-7-13-21)22-14-8-3-9-15-22/h1-15,19,23-24,27H,16-18H2,(H,31,32)(H,37,38)/t23-,24?,27-/m0/s1. The smallest absolute Gasteiger partial charge is 0.329 e. The van der Waals surface area contributed by atoms with E-state index in [1.54, 1.807) is 4.90 Å². The number of carbonyl (C=O) groups excluding carboxylic acids is 2. The molecule has 1 aromatic heterocycles. The van der Waals surface area contributed by atoms with Gasteiger partial charge in [-0.3, -0.25) is 9.69 Å². The van der Waals surface area contributed by atoms with Crippen LogP contribution in [-0.2, 0) is 4.79 Å². The predicted octanol–water partition coefficient (Wildman–Crippen LogP) is 4.78. The number of benzene rings is 3. The minimum Gasteiger partial charge on any atom is -0.480 e. The topological polar surface area (TPSA) is 110 Å². The van der Waals surface area contributed by atoms with Gasteiger partial charge in [-0.2, -0.15) is 0 Å². The van der Waals surface area contributed by atoms with Crippen LogP contribution in [0.5, 0.6) is 0 Å². The quantitative estimate of drug-likeness (QED) is 0.393. The third-order valence-electron chi connectivity index (χ3n) is 7.51. The Hall–Kier alpha value is -4.92. The Balaban J connectivity index is 1.34. The third kappa shape index (κ3) is 4.31. The van der Waals surface area contributed by atoms with Crippen LogP contribution < -0.4 is 4.90 Å². The number of nitrogens with one attached hydrogen (secondary N) is 1.